The second kappa shape index (κ2) is 11.1. The molecule has 4 rings (SSSR count). The Hall–Kier alpha value is -2.24. The van der Waals surface area contributed by atoms with Crippen LogP contribution in [0.25, 0.3) is 0 Å². The van der Waals surface area contributed by atoms with Gasteiger partial charge in [-0.25, -0.2) is 8.78 Å². The Morgan fingerprint density at radius 2 is 1.89 bits per heavy atom. The minimum atomic E-state index is -1.60. The van der Waals surface area contributed by atoms with Gasteiger partial charge < -0.3 is 10.0 Å². The average molecular weight is 565 g/mol. The molecule has 0 saturated carbocycles. The van der Waals surface area contributed by atoms with E-state index in [0.29, 0.717) is 38.9 Å². The van der Waals surface area contributed by atoms with E-state index in [2.05, 4.69) is 6.07 Å². The first kappa shape index (κ1) is 28.8. The lowest BCUT2D eigenvalue weighted by Gasteiger charge is -2.42. The lowest BCUT2D eigenvalue weighted by Crippen LogP contribution is -2.58. The van der Waals surface area contributed by atoms with E-state index in [1.807, 2.05) is 25.7 Å². The molecule has 9 heteroatoms. The summed E-state index contributed by atoms with van der Waals surface area (Å²) >= 11 is 12.3. The number of unbranched alkanes of at least 4 members (excludes halogenated alkanes) is 1. The predicted molar refractivity (Wildman–Crippen MR) is 144 cm³/mol. The van der Waals surface area contributed by atoms with Gasteiger partial charge in [0.15, 0.2) is 0 Å². The van der Waals surface area contributed by atoms with Crippen molar-refractivity contribution in [1.29, 1.82) is 5.26 Å². The van der Waals surface area contributed by atoms with Crippen LogP contribution < -0.4 is 0 Å². The van der Waals surface area contributed by atoms with E-state index in [1.54, 1.807) is 17.0 Å². The fourth-order valence-corrected chi connectivity index (χ4v) is 6.60. The summed E-state index contributed by atoms with van der Waals surface area (Å²) in [6, 6.07) is 9.68. The van der Waals surface area contributed by atoms with Gasteiger partial charge >= 0.3 is 0 Å². The molecule has 5 nitrogen and oxygen atoms in total. The third kappa shape index (κ3) is 5.04. The fourth-order valence-electron chi connectivity index (χ4n) is 6.26. The van der Waals surface area contributed by atoms with Crippen molar-refractivity contribution < 1.29 is 18.7 Å². The molecule has 2 aromatic rings. The minimum absolute atomic E-state index is 0.0228. The number of piperazine rings is 1. The van der Waals surface area contributed by atoms with E-state index in [9.17, 15) is 15.2 Å². The van der Waals surface area contributed by atoms with Crippen molar-refractivity contribution in [1.82, 2.24) is 9.80 Å². The van der Waals surface area contributed by atoms with Gasteiger partial charge in [-0.1, -0.05) is 62.2 Å². The Morgan fingerprint density at radius 1 is 1.16 bits per heavy atom. The largest absolute Gasteiger partial charge is 0.396 e. The molecule has 0 bridgehead atoms. The third-order valence-corrected chi connectivity index (χ3v) is 8.33. The van der Waals surface area contributed by atoms with Crippen molar-refractivity contribution in [3.05, 3.63) is 69.2 Å². The van der Waals surface area contributed by atoms with Crippen LogP contribution in [-0.2, 0) is 10.2 Å². The first-order valence-electron chi connectivity index (χ1n) is 12.9. The van der Waals surface area contributed by atoms with Crippen LogP contribution >= 0.6 is 23.2 Å². The maximum atomic E-state index is 15.8. The summed E-state index contributed by atoms with van der Waals surface area (Å²) < 4.78 is 31.6. The molecule has 2 fully saturated rings. The van der Waals surface area contributed by atoms with Crippen molar-refractivity contribution in [3.63, 3.8) is 0 Å². The van der Waals surface area contributed by atoms with Crippen molar-refractivity contribution in [2.45, 2.75) is 63.5 Å². The van der Waals surface area contributed by atoms with Crippen LogP contribution in [0, 0.1) is 28.4 Å². The molecule has 2 aliphatic rings. The highest BCUT2D eigenvalue weighted by molar-refractivity contribution is 6.31. The molecule has 2 aliphatic heterocycles. The van der Waals surface area contributed by atoms with Crippen LogP contribution in [0.2, 0.25) is 10.0 Å². The van der Waals surface area contributed by atoms with E-state index < -0.39 is 35.1 Å². The monoisotopic (exact) mass is 563 g/mol. The molecule has 0 aliphatic carbocycles. The van der Waals surface area contributed by atoms with Gasteiger partial charge in [0.25, 0.3) is 0 Å². The number of fused-ring (bicyclic) bond motifs is 1. The molecule has 0 spiro atoms. The van der Waals surface area contributed by atoms with Crippen molar-refractivity contribution in [3.8, 4) is 6.07 Å². The first-order chi connectivity index (χ1) is 18.0. The first-order valence-corrected chi connectivity index (χ1v) is 13.7. The average Bonchev–Trinajstić information content (AvgIpc) is 3.11. The molecule has 2 heterocycles. The van der Waals surface area contributed by atoms with E-state index in [1.165, 1.54) is 18.2 Å². The summed E-state index contributed by atoms with van der Waals surface area (Å²) in [4.78, 5) is 17.8. The summed E-state index contributed by atoms with van der Waals surface area (Å²) in [5.74, 6) is -2.64. The molecule has 1 amide bonds. The molecular formula is C29H33Cl2F2N3O2. The third-order valence-electron chi connectivity index (χ3n) is 7.80. The van der Waals surface area contributed by atoms with Gasteiger partial charge in [-0.2, -0.15) is 5.26 Å². The number of aliphatic hydroxyl groups excluding tert-OH is 1. The quantitative estimate of drug-likeness (QED) is 0.424. The van der Waals surface area contributed by atoms with Crippen LogP contribution in [0.15, 0.2) is 36.4 Å². The molecular weight excluding hydrogens is 531 g/mol. The topological polar surface area (TPSA) is 67.6 Å². The Labute approximate surface area is 232 Å². The number of nitrogens with zero attached hydrogens (tertiary/aromatic N) is 3. The Morgan fingerprint density at radius 3 is 2.53 bits per heavy atom. The number of amides is 1. The number of carbonyl (C=O) groups excluding carboxylic acids is 1. The molecule has 0 radical (unpaired) electrons. The van der Waals surface area contributed by atoms with Crippen molar-refractivity contribution >= 4 is 29.1 Å². The molecule has 0 aromatic heterocycles. The highest BCUT2D eigenvalue weighted by atomic mass is 35.5. The maximum Gasteiger partial charge on any atom is 0.240 e. The number of aliphatic hydroxyl groups is 1. The van der Waals surface area contributed by atoms with Crippen molar-refractivity contribution in [2.24, 2.45) is 5.41 Å². The SMILES string of the molecule is CC(C)(C)CC1N2CCN(CCCCO)C(=O)C2C(c2cccc(Cl)c2F)C1(C#N)c1ccc(Cl)cc1F. The van der Waals surface area contributed by atoms with Crippen LogP contribution in [0.4, 0.5) is 8.78 Å². The summed E-state index contributed by atoms with van der Waals surface area (Å²) in [6.45, 7) is 7.43. The van der Waals surface area contributed by atoms with Gasteiger partial charge in [-0.3, -0.25) is 9.69 Å². The molecule has 4 atom stereocenters. The maximum absolute atomic E-state index is 15.8. The number of nitriles is 1. The van der Waals surface area contributed by atoms with Gasteiger partial charge in [0.2, 0.25) is 5.91 Å². The number of rotatable bonds is 7. The smallest absolute Gasteiger partial charge is 0.240 e. The van der Waals surface area contributed by atoms with E-state index >= 15 is 8.78 Å². The van der Waals surface area contributed by atoms with Crippen LogP contribution in [0.3, 0.4) is 0 Å². The predicted octanol–water partition coefficient (Wildman–Crippen LogP) is 5.92. The number of carbonyl (C=O) groups is 1. The lowest BCUT2D eigenvalue weighted by atomic mass is 9.62. The van der Waals surface area contributed by atoms with Gasteiger partial charge in [0.1, 0.15) is 17.0 Å². The van der Waals surface area contributed by atoms with Gasteiger partial charge in [0, 0.05) is 48.8 Å². The molecule has 2 saturated heterocycles. The molecule has 2 aromatic carbocycles. The summed E-state index contributed by atoms with van der Waals surface area (Å²) in [5, 5.41) is 20.3. The molecule has 1 N–H and O–H groups in total. The van der Waals surface area contributed by atoms with E-state index in [4.69, 9.17) is 23.2 Å². The zero-order chi connectivity index (χ0) is 27.8. The fraction of sp³-hybridized carbons (Fsp3) is 0.517. The number of hydrogen-bond acceptors (Lipinski definition) is 4. The lowest BCUT2D eigenvalue weighted by molar-refractivity contribution is -0.141. The summed E-state index contributed by atoms with van der Waals surface area (Å²) in [5.41, 5.74) is -1.68. The van der Waals surface area contributed by atoms with Crippen molar-refractivity contribution in [2.75, 3.05) is 26.2 Å². The van der Waals surface area contributed by atoms with Gasteiger partial charge in [-0.05, 0) is 48.4 Å². The molecule has 4 unspecified atom stereocenters. The van der Waals surface area contributed by atoms with Gasteiger partial charge in [0.05, 0.1) is 17.1 Å². The summed E-state index contributed by atoms with van der Waals surface area (Å²) in [6.07, 6.45) is 1.64. The van der Waals surface area contributed by atoms with Crippen LogP contribution in [0.5, 0.6) is 0 Å². The number of hydrogen-bond donors (Lipinski definition) is 1. The van der Waals surface area contributed by atoms with Crippen LogP contribution in [0.1, 0.15) is 57.1 Å². The Bertz CT molecular complexity index is 1250. The number of halogens is 4. The zero-order valence-electron chi connectivity index (χ0n) is 21.9. The van der Waals surface area contributed by atoms with Gasteiger partial charge in [-0.15, -0.1) is 0 Å². The minimum Gasteiger partial charge on any atom is -0.396 e. The number of benzene rings is 2. The zero-order valence-corrected chi connectivity index (χ0v) is 23.4. The van der Waals surface area contributed by atoms with Crippen LogP contribution in [-0.4, -0.2) is 59.1 Å². The molecule has 38 heavy (non-hydrogen) atoms. The summed E-state index contributed by atoms with van der Waals surface area (Å²) in [7, 11) is 0. The highest BCUT2D eigenvalue weighted by Crippen LogP contribution is 2.57. The second-order valence-electron chi connectivity index (χ2n) is 11.4. The second-order valence-corrected chi connectivity index (χ2v) is 12.3. The Kier molecular flexibility index (Phi) is 8.40. The molecule has 204 valence electrons. The normalized spacial score (nSPS) is 25.9. The van der Waals surface area contributed by atoms with E-state index in [-0.39, 0.29) is 39.1 Å². The Balaban J connectivity index is 2.00. The standard InChI is InChI=1S/C29H33Cl2F2N3O2/c1-28(2,3)16-23-29(17-34,20-10-9-18(30)15-22(20)32)24(19-7-6-8-21(31)25(19)33)26-27(38)35(11-4-5-14-37)12-13-36(23)26/h6-10,15,23-24,26,37H,4-5,11-14,16H2,1-3H3. The highest BCUT2D eigenvalue weighted by Gasteiger charge is 2.66. The van der Waals surface area contributed by atoms with E-state index in [0.717, 1.165) is 6.07 Å².